The average molecular weight is 198 g/mol. The van der Waals surface area contributed by atoms with Gasteiger partial charge in [-0.15, -0.1) is 10.8 Å². The Bertz CT molecular complexity index is 99.4. The van der Waals surface area contributed by atoms with E-state index in [0.717, 1.165) is 0 Å². The van der Waals surface area contributed by atoms with Gasteiger partial charge >= 0.3 is 0 Å². The van der Waals surface area contributed by atoms with E-state index < -0.39 is 10.8 Å². The molecule has 0 aromatic rings. The second kappa shape index (κ2) is 7.82. The Balaban J connectivity index is 0. The zero-order valence-electron chi connectivity index (χ0n) is 8.66. The first-order chi connectivity index (χ1) is 5.48. The summed E-state index contributed by atoms with van der Waals surface area (Å²) < 4.78 is 20.6. The van der Waals surface area contributed by atoms with Gasteiger partial charge in [0.05, 0.1) is 5.75 Å². The molecule has 0 amide bonds. The van der Waals surface area contributed by atoms with Crippen molar-refractivity contribution in [3.8, 4) is 0 Å². The second-order valence-corrected chi connectivity index (χ2v) is 4.53. The molecule has 0 saturated heterocycles. The lowest BCUT2D eigenvalue weighted by atomic mass is 10.7. The summed E-state index contributed by atoms with van der Waals surface area (Å²) in [6, 6.07) is 0. The maximum absolute atomic E-state index is 9.07. The van der Waals surface area contributed by atoms with Crippen LogP contribution in [0.4, 0.5) is 0 Å². The highest BCUT2D eigenvalue weighted by Crippen LogP contribution is 2.31. The first kappa shape index (κ1) is 14.7. The fourth-order valence-corrected chi connectivity index (χ4v) is 1.24. The molecule has 5 heteroatoms. The van der Waals surface area contributed by atoms with Crippen molar-refractivity contribution in [1.29, 1.82) is 0 Å². The maximum Gasteiger partial charge on any atom is 0.0655 e. The lowest BCUT2D eigenvalue weighted by Crippen LogP contribution is -2.25. The molecule has 0 unspecified atom stereocenters. The highest BCUT2D eigenvalue weighted by molar-refractivity contribution is 8.22. The Morgan fingerprint density at radius 3 is 1.92 bits per heavy atom. The van der Waals surface area contributed by atoms with Crippen LogP contribution < -0.4 is 4.72 Å². The van der Waals surface area contributed by atoms with Crippen molar-refractivity contribution < 1.29 is 9.11 Å². The first-order valence-corrected chi connectivity index (χ1v) is 5.78. The van der Waals surface area contributed by atoms with E-state index in [1.54, 1.807) is 7.05 Å². The summed E-state index contributed by atoms with van der Waals surface area (Å²) in [6.07, 6.45) is 0. The zero-order chi connectivity index (χ0) is 10.2. The van der Waals surface area contributed by atoms with E-state index in [2.05, 4.69) is 4.72 Å². The molecule has 3 N–H and O–H groups in total. The van der Waals surface area contributed by atoms with Gasteiger partial charge in [-0.3, -0.25) is 9.11 Å². The van der Waals surface area contributed by atoms with Crippen molar-refractivity contribution in [3.63, 3.8) is 0 Å². The smallest absolute Gasteiger partial charge is 0.0655 e. The quantitative estimate of drug-likeness (QED) is 0.640. The summed E-state index contributed by atoms with van der Waals surface area (Å²) in [5.41, 5.74) is 0. The molecule has 0 bridgehead atoms. The summed E-state index contributed by atoms with van der Waals surface area (Å²) in [4.78, 5) is 1.91. The first-order valence-electron chi connectivity index (χ1n) is 4.07. The van der Waals surface area contributed by atoms with Gasteiger partial charge in [0.15, 0.2) is 0 Å². The van der Waals surface area contributed by atoms with Gasteiger partial charge in [0.2, 0.25) is 0 Å². The predicted molar refractivity (Wildman–Crippen MR) is 56.7 cm³/mol. The number of hydrogen-bond donors (Lipinski definition) is 3. The summed E-state index contributed by atoms with van der Waals surface area (Å²) in [6.45, 7) is 4.68. The molecule has 0 aliphatic carbocycles. The number of nitrogens with zero attached hydrogens (tertiary/aromatic N) is 1. The van der Waals surface area contributed by atoms with Gasteiger partial charge in [-0.05, 0) is 14.1 Å². The lowest BCUT2D eigenvalue weighted by molar-refractivity contribution is 0.414. The van der Waals surface area contributed by atoms with Crippen LogP contribution in [-0.4, -0.2) is 47.4 Å². The van der Waals surface area contributed by atoms with E-state index >= 15 is 0 Å². The largest absolute Gasteiger partial charge is 0.308 e. The molecule has 0 saturated carbocycles. The molecule has 0 fully saturated rings. The topological polar surface area (TPSA) is 55.7 Å². The van der Waals surface area contributed by atoms with Gasteiger partial charge in [0.1, 0.15) is 0 Å². The third-order valence-corrected chi connectivity index (χ3v) is 2.56. The van der Waals surface area contributed by atoms with E-state index in [1.165, 1.54) is 0 Å². The predicted octanol–water partition coefficient (Wildman–Crippen LogP) is 1.46. The summed E-state index contributed by atoms with van der Waals surface area (Å²) in [5.74, 6) is 0.385. The summed E-state index contributed by atoms with van der Waals surface area (Å²) >= 11 is 0. The van der Waals surface area contributed by atoms with Gasteiger partial charge in [0.25, 0.3) is 0 Å². The van der Waals surface area contributed by atoms with E-state index in [-0.39, 0.29) is 0 Å². The van der Waals surface area contributed by atoms with Gasteiger partial charge < -0.3 is 4.90 Å². The minimum absolute atomic E-state index is 0.385. The van der Waals surface area contributed by atoms with E-state index in [9.17, 15) is 0 Å². The van der Waals surface area contributed by atoms with Crippen LogP contribution >= 0.6 is 10.8 Å². The third-order valence-electron chi connectivity index (χ3n) is 1.15. The summed E-state index contributed by atoms with van der Waals surface area (Å²) in [5, 5.41) is 0. The van der Waals surface area contributed by atoms with Gasteiger partial charge in [0, 0.05) is 13.6 Å². The molecule has 0 aromatic carbocycles. The Morgan fingerprint density at radius 1 is 1.25 bits per heavy atom. The molecule has 0 heterocycles. The van der Waals surface area contributed by atoms with Crippen molar-refractivity contribution in [2.75, 3.05) is 33.4 Å². The SMILES string of the molecule is CC.CNS(O)(O)CCN(C)C. The van der Waals surface area contributed by atoms with Crippen LogP contribution in [0, 0.1) is 0 Å². The highest BCUT2D eigenvalue weighted by atomic mass is 32.3. The monoisotopic (exact) mass is 198 g/mol. The lowest BCUT2D eigenvalue weighted by Gasteiger charge is -2.31. The van der Waals surface area contributed by atoms with Gasteiger partial charge in [-0.25, -0.2) is 4.72 Å². The van der Waals surface area contributed by atoms with Crippen LogP contribution in [0.3, 0.4) is 0 Å². The molecule has 0 aliphatic heterocycles. The molecular weight excluding hydrogens is 176 g/mol. The fourth-order valence-electron chi connectivity index (χ4n) is 0.412. The molecule has 4 nitrogen and oxygen atoms in total. The van der Waals surface area contributed by atoms with Gasteiger partial charge in [-0.2, -0.15) is 0 Å². The van der Waals surface area contributed by atoms with Crippen LogP contribution in [0.25, 0.3) is 0 Å². The third kappa shape index (κ3) is 10.2. The summed E-state index contributed by atoms with van der Waals surface area (Å²) in [7, 11) is 2.83. The van der Waals surface area contributed by atoms with Crippen molar-refractivity contribution in [2.24, 2.45) is 0 Å². The maximum atomic E-state index is 9.07. The Kier molecular flexibility index (Phi) is 9.58. The molecule has 0 aromatic heterocycles. The molecular formula is C7H22N2O2S. The standard InChI is InChI=1S/C5H16N2O2S.C2H6/c1-6-10(8,9)5-4-7(2)3;1-2/h6,8-9H,4-5H2,1-3H3;1-2H3. The van der Waals surface area contributed by atoms with Crippen LogP contribution in [-0.2, 0) is 0 Å². The molecule has 0 rings (SSSR count). The van der Waals surface area contributed by atoms with Crippen LogP contribution in [0.5, 0.6) is 0 Å². The van der Waals surface area contributed by atoms with Gasteiger partial charge in [-0.1, -0.05) is 13.8 Å². The van der Waals surface area contributed by atoms with Crippen LogP contribution in [0.15, 0.2) is 0 Å². The van der Waals surface area contributed by atoms with Crippen molar-refractivity contribution in [1.82, 2.24) is 9.62 Å². The normalized spacial score (nSPS) is 12.3. The minimum atomic E-state index is -2.51. The highest BCUT2D eigenvalue weighted by Gasteiger charge is 2.07. The Labute approximate surface area is 77.4 Å². The second-order valence-electron chi connectivity index (χ2n) is 2.38. The van der Waals surface area contributed by atoms with Crippen molar-refractivity contribution in [3.05, 3.63) is 0 Å². The Hall–Kier alpha value is 0.190. The number of nitrogens with one attached hydrogen (secondary N) is 1. The van der Waals surface area contributed by atoms with E-state index in [0.29, 0.717) is 12.3 Å². The molecule has 78 valence electrons. The minimum Gasteiger partial charge on any atom is -0.308 e. The molecule has 0 atom stereocenters. The average Bonchev–Trinajstić information content (AvgIpc) is 2.05. The molecule has 12 heavy (non-hydrogen) atoms. The molecule has 0 spiro atoms. The molecule has 0 aliphatic rings. The van der Waals surface area contributed by atoms with Crippen molar-refractivity contribution >= 4 is 10.8 Å². The fraction of sp³-hybridized carbons (Fsp3) is 1.00. The number of rotatable bonds is 4. The van der Waals surface area contributed by atoms with E-state index in [1.807, 2.05) is 32.8 Å². The van der Waals surface area contributed by atoms with Crippen LogP contribution in [0.2, 0.25) is 0 Å². The van der Waals surface area contributed by atoms with Crippen LogP contribution in [0.1, 0.15) is 13.8 Å². The van der Waals surface area contributed by atoms with Crippen molar-refractivity contribution in [2.45, 2.75) is 13.8 Å². The zero-order valence-corrected chi connectivity index (χ0v) is 9.48. The number of hydrogen-bond acceptors (Lipinski definition) is 4. The van der Waals surface area contributed by atoms with E-state index in [4.69, 9.17) is 9.11 Å². The Morgan fingerprint density at radius 2 is 1.67 bits per heavy atom. The molecule has 0 radical (unpaired) electrons.